The molecule has 0 saturated heterocycles. The number of rotatable bonds is 10. The summed E-state index contributed by atoms with van der Waals surface area (Å²) in [5, 5.41) is 10.7. The molecule has 6 nitrogen and oxygen atoms in total. The molecule has 0 atom stereocenters. The van der Waals surface area contributed by atoms with E-state index in [1.165, 1.54) is 0 Å². The maximum absolute atomic E-state index is 5.56. The molecule has 0 aliphatic heterocycles. The summed E-state index contributed by atoms with van der Waals surface area (Å²) in [6.45, 7) is 5.76. The number of hydrogen-bond acceptors (Lipinski definition) is 6. The summed E-state index contributed by atoms with van der Waals surface area (Å²) in [5.74, 6) is 0. The summed E-state index contributed by atoms with van der Waals surface area (Å²) in [7, 11) is 4.02. The fraction of sp³-hybridized carbons (Fsp3) is 1.00. The first-order valence-corrected chi connectivity index (χ1v) is 5.47. The zero-order valence-corrected chi connectivity index (χ0v) is 10.00. The molecule has 0 fully saturated rings. The second-order valence-electron chi connectivity index (χ2n) is 3.45. The summed E-state index contributed by atoms with van der Waals surface area (Å²) in [6, 6.07) is 0. The fourth-order valence-corrected chi connectivity index (χ4v) is 1.24. The smallest absolute Gasteiger partial charge is 0.0624 e. The minimum atomic E-state index is 0.661. The molecule has 0 spiro atoms. The number of nitrogens with two attached hydrogens (primary N) is 2. The van der Waals surface area contributed by atoms with Crippen LogP contribution in [0.15, 0.2) is 0 Å². The molecule has 0 aromatic rings. The van der Waals surface area contributed by atoms with E-state index in [1.807, 2.05) is 7.05 Å². The lowest BCUT2D eigenvalue weighted by Gasteiger charge is -2.31. The Hall–Kier alpha value is -0.240. The van der Waals surface area contributed by atoms with E-state index in [1.54, 1.807) is 0 Å². The molecule has 0 aromatic heterocycles. The van der Waals surface area contributed by atoms with Crippen molar-refractivity contribution in [1.82, 2.24) is 20.7 Å². The van der Waals surface area contributed by atoms with Gasteiger partial charge < -0.3 is 22.1 Å². The predicted molar refractivity (Wildman–Crippen MR) is 64.2 cm³/mol. The lowest BCUT2D eigenvalue weighted by molar-refractivity contribution is -0.00313. The third-order valence-electron chi connectivity index (χ3n) is 2.17. The Labute approximate surface area is 92.9 Å². The molecule has 6 N–H and O–H groups in total. The monoisotopic (exact) mass is 218 g/mol. The van der Waals surface area contributed by atoms with E-state index >= 15 is 0 Å². The van der Waals surface area contributed by atoms with Gasteiger partial charge in [-0.1, -0.05) is 0 Å². The largest absolute Gasteiger partial charge is 0.329 e. The van der Waals surface area contributed by atoms with E-state index in [0.717, 1.165) is 32.8 Å². The van der Waals surface area contributed by atoms with Crippen molar-refractivity contribution in [2.75, 3.05) is 60.0 Å². The Morgan fingerprint density at radius 3 is 2.33 bits per heavy atom. The predicted octanol–water partition coefficient (Wildman–Crippen LogP) is -2.18. The van der Waals surface area contributed by atoms with Gasteiger partial charge in [-0.05, 0) is 7.05 Å². The summed E-state index contributed by atoms with van der Waals surface area (Å²) < 4.78 is 0. The SMILES string of the molecule is CNCCN(C)N(CCN)CNCCN. The summed E-state index contributed by atoms with van der Waals surface area (Å²) in [6.07, 6.45) is 0. The van der Waals surface area contributed by atoms with Crippen molar-refractivity contribution in [2.24, 2.45) is 11.5 Å². The van der Waals surface area contributed by atoms with Crippen LogP contribution in [0.3, 0.4) is 0 Å². The van der Waals surface area contributed by atoms with Crippen molar-refractivity contribution >= 4 is 0 Å². The van der Waals surface area contributed by atoms with Gasteiger partial charge in [0, 0.05) is 46.3 Å². The highest BCUT2D eigenvalue weighted by atomic mass is 15.6. The first-order valence-electron chi connectivity index (χ1n) is 5.47. The fourth-order valence-electron chi connectivity index (χ4n) is 1.24. The van der Waals surface area contributed by atoms with Crippen LogP contribution in [0.4, 0.5) is 0 Å². The molecular weight excluding hydrogens is 192 g/mol. The average Bonchev–Trinajstić information content (AvgIpc) is 2.25. The molecule has 0 aliphatic carbocycles. The minimum absolute atomic E-state index is 0.661. The number of likely N-dealkylation sites (N-methyl/N-ethyl adjacent to an activating group) is 2. The van der Waals surface area contributed by atoms with Gasteiger partial charge in [-0.2, -0.15) is 0 Å². The molecule has 0 rings (SSSR count). The first kappa shape index (κ1) is 14.8. The second-order valence-corrected chi connectivity index (χ2v) is 3.45. The van der Waals surface area contributed by atoms with Gasteiger partial charge in [-0.25, -0.2) is 10.0 Å². The van der Waals surface area contributed by atoms with Crippen LogP contribution >= 0.6 is 0 Å². The molecule has 0 bridgehead atoms. The standard InChI is InChI=1S/C9H26N6/c1-12-6-8-14(2)15(7-4-11)9-13-5-3-10/h12-13H,3-11H2,1-2H3. The Balaban J connectivity index is 3.77. The van der Waals surface area contributed by atoms with Crippen LogP contribution in [-0.2, 0) is 0 Å². The number of nitrogens with one attached hydrogen (secondary N) is 2. The molecule has 0 radical (unpaired) electrons. The van der Waals surface area contributed by atoms with Gasteiger partial charge in [0.1, 0.15) is 0 Å². The molecular formula is C9H26N6. The molecule has 15 heavy (non-hydrogen) atoms. The lowest BCUT2D eigenvalue weighted by Crippen LogP contribution is -2.49. The third-order valence-corrected chi connectivity index (χ3v) is 2.17. The van der Waals surface area contributed by atoms with Crippen LogP contribution in [0.5, 0.6) is 0 Å². The van der Waals surface area contributed by atoms with E-state index < -0.39 is 0 Å². The highest BCUT2D eigenvalue weighted by Crippen LogP contribution is 1.90. The van der Waals surface area contributed by atoms with Crippen LogP contribution < -0.4 is 22.1 Å². The number of nitrogens with zero attached hydrogens (tertiary/aromatic N) is 2. The number of hydrazine groups is 1. The molecule has 0 heterocycles. The van der Waals surface area contributed by atoms with Gasteiger partial charge in [0.2, 0.25) is 0 Å². The molecule has 0 amide bonds. The normalized spacial score (nSPS) is 11.6. The minimum Gasteiger partial charge on any atom is -0.329 e. The molecule has 0 saturated carbocycles. The Morgan fingerprint density at radius 1 is 1.07 bits per heavy atom. The van der Waals surface area contributed by atoms with E-state index in [9.17, 15) is 0 Å². The molecule has 0 aromatic carbocycles. The Bertz CT molecular complexity index is 132. The van der Waals surface area contributed by atoms with Crippen molar-refractivity contribution in [1.29, 1.82) is 0 Å². The molecule has 0 aliphatic rings. The van der Waals surface area contributed by atoms with Crippen LogP contribution in [0, 0.1) is 0 Å². The Kier molecular flexibility index (Phi) is 10.1. The van der Waals surface area contributed by atoms with Crippen molar-refractivity contribution < 1.29 is 0 Å². The second kappa shape index (κ2) is 10.3. The van der Waals surface area contributed by atoms with Crippen LogP contribution in [-0.4, -0.2) is 70.1 Å². The van der Waals surface area contributed by atoms with Crippen LogP contribution in [0.2, 0.25) is 0 Å². The molecule has 0 unspecified atom stereocenters. The lowest BCUT2D eigenvalue weighted by atomic mass is 10.5. The molecule has 6 heteroatoms. The van der Waals surface area contributed by atoms with E-state index in [4.69, 9.17) is 11.5 Å². The third kappa shape index (κ3) is 7.66. The van der Waals surface area contributed by atoms with Crippen LogP contribution in [0.1, 0.15) is 0 Å². The molecule has 92 valence electrons. The quantitative estimate of drug-likeness (QED) is 0.190. The highest BCUT2D eigenvalue weighted by Gasteiger charge is 2.08. The van der Waals surface area contributed by atoms with Crippen molar-refractivity contribution in [3.05, 3.63) is 0 Å². The Morgan fingerprint density at radius 2 is 1.80 bits per heavy atom. The zero-order valence-electron chi connectivity index (χ0n) is 10.00. The van der Waals surface area contributed by atoms with E-state index in [0.29, 0.717) is 13.1 Å². The highest BCUT2D eigenvalue weighted by molar-refractivity contribution is 4.56. The topological polar surface area (TPSA) is 82.6 Å². The van der Waals surface area contributed by atoms with Crippen molar-refractivity contribution in [3.63, 3.8) is 0 Å². The van der Waals surface area contributed by atoms with Crippen molar-refractivity contribution in [2.45, 2.75) is 0 Å². The maximum atomic E-state index is 5.56. The summed E-state index contributed by atoms with van der Waals surface area (Å²) in [4.78, 5) is 0. The van der Waals surface area contributed by atoms with E-state index in [2.05, 4.69) is 27.7 Å². The van der Waals surface area contributed by atoms with Crippen LogP contribution in [0.25, 0.3) is 0 Å². The summed E-state index contributed by atoms with van der Waals surface area (Å²) in [5.41, 5.74) is 11.0. The van der Waals surface area contributed by atoms with Gasteiger partial charge in [-0.15, -0.1) is 0 Å². The zero-order chi connectivity index (χ0) is 11.5. The maximum Gasteiger partial charge on any atom is 0.0624 e. The summed E-state index contributed by atoms with van der Waals surface area (Å²) >= 11 is 0. The number of hydrogen-bond donors (Lipinski definition) is 4. The average molecular weight is 218 g/mol. The van der Waals surface area contributed by atoms with Gasteiger partial charge in [0.05, 0.1) is 6.67 Å². The van der Waals surface area contributed by atoms with Crippen molar-refractivity contribution in [3.8, 4) is 0 Å². The van der Waals surface area contributed by atoms with E-state index in [-0.39, 0.29) is 0 Å². The van der Waals surface area contributed by atoms with Gasteiger partial charge >= 0.3 is 0 Å². The first-order chi connectivity index (χ1) is 7.26. The van der Waals surface area contributed by atoms with Gasteiger partial charge in [0.15, 0.2) is 0 Å². The van der Waals surface area contributed by atoms with Gasteiger partial charge in [-0.3, -0.25) is 0 Å². The van der Waals surface area contributed by atoms with Gasteiger partial charge in [0.25, 0.3) is 0 Å².